The molecule has 0 aromatic heterocycles. The minimum absolute atomic E-state index is 0.206. The van der Waals surface area contributed by atoms with E-state index in [9.17, 15) is 14.4 Å². The lowest BCUT2D eigenvalue weighted by Gasteiger charge is -2.35. The number of hydrogen-bond acceptors (Lipinski definition) is 4. The van der Waals surface area contributed by atoms with Gasteiger partial charge in [-0.1, -0.05) is 58.0 Å². The molecule has 6 heteroatoms. The zero-order valence-electron chi connectivity index (χ0n) is 18.7. The largest absolute Gasteiger partial charge is 0.334 e. The highest BCUT2D eigenvalue weighted by Crippen LogP contribution is 2.17. The third-order valence-electron chi connectivity index (χ3n) is 5.13. The Hall–Kier alpha value is -2.21. The Kier molecular flexibility index (Phi) is 10.0. The van der Waals surface area contributed by atoms with Crippen LogP contribution < -0.4 is 5.73 Å². The van der Waals surface area contributed by atoms with Crippen molar-refractivity contribution in [1.29, 1.82) is 0 Å². The molecule has 0 saturated heterocycles. The number of nitrogens with zero attached hydrogens (tertiary/aromatic N) is 2. The maximum atomic E-state index is 13.3. The quantitative estimate of drug-likeness (QED) is 0.576. The summed E-state index contributed by atoms with van der Waals surface area (Å²) in [6, 6.07) is 7.71. The zero-order valence-corrected chi connectivity index (χ0v) is 18.7. The van der Waals surface area contributed by atoms with Gasteiger partial charge in [-0.3, -0.25) is 9.59 Å². The summed E-state index contributed by atoms with van der Waals surface area (Å²) < 4.78 is 0. The third kappa shape index (κ3) is 7.61. The maximum Gasteiger partial charge on any atom is 0.245 e. The highest BCUT2D eigenvalue weighted by Gasteiger charge is 2.34. The summed E-state index contributed by atoms with van der Waals surface area (Å²) in [5, 5.41) is 0. The fourth-order valence-corrected chi connectivity index (χ4v) is 3.43. The summed E-state index contributed by atoms with van der Waals surface area (Å²) in [5.41, 5.74) is 7.06. The van der Waals surface area contributed by atoms with Crippen LogP contribution in [0, 0.1) is 11.8 Å². The van der Waals surface area contributed by atoms with Crippen LogP contribution in [0.15, 0.2) is 30.3 Å². The van der Waals surface area contributed by atoms with Crippen LogP contribution in [0.3, 0.4) is 0 Å². The molecule has 0 heterocycles. The average molecular weight is 404 g/mol. The first kappa shape index (κ1) is 24.8. The number of aldehydes is 1. The van der Waals surface area contributed by atoms with Gasteiger partial charge in [-0.25, -0.2) is 0 Å². The molecule has 1 aromatic carbocycles. The lowest BCUT2D eigenvalue weighted by atomic mass is 9.98. The van der Waals surface area contributed by atoms with E-state index in [4.69, 9.17) is 5.73 Å². The van der Waals surface area contributed by atoms with Gasteiger partial charge in [-0.15, -0.1) is 0 Å². The summed E-state index contributed by atoms with van der Waals surface area (Å²) in [5.74, 6) is 0.0171. The maximum absolute atomic E-state index is 13.3. The number of benzene rings is 1. The van der Waals surface area contributed by atoms with Gasteiger partial charge in [0.2, 0.25) is 11.8 Å². The lowest BCUT2D eigenvalue weighted by molar-refractivity contribution is -0.147. The topological polar surface area (TPSA) is 83.7 Å². The van der Waals surface area contributed by atoms with E-state index in [2.05, 4.69) is 0 Å². The van der Waals surface area contributed by atoms with Gasteiger partial charge in [0.25, 0.3) is 0 Å². The van der Waals surface area contributed by atoms with Crippen LogP contribution >= 0.6 is 0 Å². The summed E-state index contributed by atoms with van der Waals surface area (Å²) in [6.45, 7) is 8.04. The minimum atomic E-state index is -0.649. The van der Waals surface area contributed by atoms with Gasteiger partial charge < -0.3 is 20.3 Å². The predicted octanol–water partition coefficient (Wildman–Crippen LogP) is 2.50. The van der Waals surface area contributed by atoms with Crippen LogP contribution in [0.2, 0.25) is 0 Å². The second-order valence-electron chi connectivity index (χ2n) is 8.67. The van der Waals surface area contributed by atoms with Gasteiger partial charge in [0.1, 0.15) is 12.3 Å². The monoisotopic (exact) mass is 403 g/mol. The Bertz CT molecular complexity index is 661. The van der Waals surface area contributed by atoms with Crippen LogP contribution in [0.5, 0.6) is 0 Å². The van der Waals surface area contributed by atoms with Crippen LogP contribution in [0.25, 0.3) is 0 Å². The molecule has 6 nitrogen and oxygen atoms in total. The van der Waals surface area contributed by atoms with Crippen molar-refractivity contribution < 1.29 is 14.4 Å². The molecule has 0 bridgehead atoms. The molecule has 1 rings (SSSR count). The number of hydrogen-bond donors (Lipinski definition) is 1. The Balaban J connectivity index is 3.00. The fourth-order valence-electron chi connectivity index (χ4n) is 3.43. The second kappa shape index (κ2) is 11.7. The van der Waals surface area contributed by atoms with Crippen molar-refractivity contribution in [2.24, 2.45) is 17.6 Å². The van der Waals surface area contributed by atoms with Crippen molar-refractivity contribution in [3.05, 3.63) is 35.9 Å². The number of carbonyl (C=O) groups is 3. The van der Waals surface area contributed by atoms with E-state index in [-0.39, 0.29) is 23.7 Å². The molecule has 2 N–H and O–H groups in total. The van der Waals surface area contributed by atoms with Crippen molar-refractivity contribution in [2.45, 2.75) is 65.1 Å². The zero-order chi connectivity index (χ0) is 22.1. The molecule has 0 spiro atoms. The average Bonchev–Trinajstić information content (AvgIpc) is 2.68. The Morgan fingerprint density at radius 2 is 1.48 bits per heavy atom. The highest BCUT2D eigenvalue weighted by molar-refractivity contribution is 5.90. The highest BCUT2D eigenvalue weighted by atomic mass is 16.2. The second-order valence-corrected chi connectivity index (χ2v) is 8.67. The predicted molar refractivity (Wildman–Crippen MR) is 116 cm³/mol. The molecule has 162 valence electrons. The van der Waals surface area contributed by atoms with E-state index in [1.165, 1.54) is 9.80 Å². The van der Waals surface area contributed by atoms with Crippen molar-refractivity contribution in [2.75, 3.05) is 14.1 Å². The first-order chi connectivity index (χ1) is 13.6. The SMILES string of the molecule is CC(C)C[C@H](N)C(=O)N(C)[C@@H](CC(C)C)C(=O)N(C)[C@H](C=O)Cc1ccccc1. The molecule has 0 fully saturated rings. The first-order valence-electron chi connectivity index (χ1n) is 10.4. The van der Waals surface area contributed by atoms with Crippen LogP contribution in [-0.2, 0) is 20.8 Å². The van der Waals surface area contributed by atoms with Crippen LogP contribution in [0.4, 0.5) is 0 Å². The van der Waals surface area contributed by atoms with Gasteiger partial charge in [0.15, 0.2) is 0 Å². The van der Waals surface area contributed by atoms with E-state index in [1.54, 1.807) is 14.1 Å². The first-order valence-corrected chi connectivity index (χ1v) is 10.4. The number of amides is 2. The summed E-state index contributed by atoms with van der Waals surface area (Å²) >= 11 is 0. The standard InChI is InChI=1S/C23H37N3O3/c1-16(2)12-20(24)22(28)26(6)21(13-17(3)4)23(29)25(5)19(15-27)14-18-10-8-7-9-11-18/h7-11,15-17,19-21H,12-14,24H2,1-6H3/t19-,20-,21-/m0/s1. The Labute approximate surface area is 175 Å². The van der Waals surface area contributed by atoms with Gasteiger partial charge in [0, 0.05) is 14.1 Å². The molecule has 0 aliphatic heterocycles. The molecular weight excluding hydrogens is 366 g/mol. The number of nitrogens with two attached hydrogens (primary N) is 1. The molecule has 0 radical (unpaired) electrons. The van der Waals surface area contributed by atoms with Gasteiger partial charge in [0.05, 0.1) is 12.1 Å². The lowest BCUT2D eigenvalue weighted by Crippen LogP contribution is -2.55. The molecule has 0 saturated carbocycles. The third-order valence-corrected chi connectivity index (χ3v) is 5.13. The Morgan fingerprint density at radius 3 is 1.97 bits per heavy atom. The van der Waals surface area contributed by atoms with Gasteiger partial charge in [-0.2, -0.15) is 0 Å². The van der Waals surface area contributed by atoms with E-state index in [0.717, 1.165) is 11.8 Å². The summed E-state index contributed by atoms with van der Waals surface area (Å²) in [6.07, 6.45) is 2.30. The summed E-state index contributed by atoms with van der Waals surface area (Å²) in [4.78, 5) is 40.8. The molecule has 3 atom stereocenters. The van der Waals surface area contributed by atoms with Crippen LogP contribution in [-0.4, -0.2) is 60.1 Å². The van der Waals surface area contributed by atoms with Crippen molar-refractivity contribution in [3.63, 3.8) is 0 Å². The van der Waals surface area contributed by atoms with Crippen molar-refractivity contribution >= 4 is 18.1 Å². The molecule has 0 aliphatic rings. The van der Waals surface area contributed by atoms with Gasteiger partial charge in [-0.05, 0) is 36.7 Å². The van der Waals surface area contributed by atoms with E-state index in [1.807, 2.05) is 58.0 Å². The normalized spacial score (nSPS) is 14.4. The van der Waals surface area contributed by atoms with E-state index in [0.29, 0.717) is 19.3 Å². The van der Waals surface area contributed by atoms with Crippen molar-refractivity contribution in [1.82, 2.24) is 9.80 Å². The van der Waals surface area contributed by atoms with E-state index >= 15 is 0 Å². The molecule has 2 amide bonds. The number of rotatable bonds is 11. The van der Waals surface area contributed by atoms with Crippen LogP contribution in [0.1, 0.15) is 46.1 Å². The minimum Gasteiger partial charge on any atom is -0.334 e. The smallest absolute Gasteiger partial charge is 0.245 e. The molecule has 0 aliphatic carbocycles. The van der Waals surface area contributed by atoms with Crippen molar-refractivity contribution in [3.8, 4) is 0 Å². The Morgan fingerprint density at radius 1 is 0.931 bits per heavy atom. The fraction of sp³-hybridized carbons (Fsp3) is 0.609. The van der Waals surface area contributed by atoms with E-state index < -0.39 is 18.1 Å². The molecule has 0 unspecified atom stereocenters. The summed E-state index contributed by atoms with van der Waals surface area (Å²) in [7, 11) is 3.26. The van der Waals surface area contributed by atoms with Gasteiger partial charge >= 0.3 is 0 Å². The molecule has 1 aromatic rings. The number of likely N-dealkylation sites (N-methyl/N-ethyl adjacent to an activating group) is 2. The number of carbonyl (C=O) groups excluding carboxylic acids is 3. The molecular formula is C23H37N3O3. The molecule has 29 heavy (non-hydrogen) atoms.